The third-order valence-corrected chi connectivity index (χ3v) is 2.69. The number of halogens is 2. The van der Waals surface area contributed by atoms with Crippen LogP contribution in [-0.4, -0.2) is 19.5 Å². The first-order chi connectivity index (χ1) is 8.16. The van der Waals surface area contributed by atoms with E-state index in [0.29, 0.717) is 18.8 Å². The van der Waals surface area contributed by atoms with Crippen LogP contribution in [0.15, 0.2) is 30.3 Å². The molecule has 1 heterocycles. The van der Waals surface area contributed by atoms with Gasteiger partial charge in [0.15, 0.2) is 6.29 Å². The number of ether oxygens (including phenoxy) is 2. The summed E-state index contributed by atoms with van der Waals surface area (Å²) in [5, 5.41) is 0. The van der Waals surface area contributed by atoms with E-state index in [-0.39, 0.29) is 12.0 Å². The molecule has 0 atom stereocenters. The largest absolute Gasteiger partial charge is 0.350 e. The number of benzene rings is 1. The van der Waals surface area contributed by atoms with Crippen molar-refractivity contribution in [2.75, 3.05) is 13.2 Å². The lowest BCUT2D eigenvalue weighted by atomic mass is 10.0. The fourth-order valence-corrected chi connectivity index (χ4v) is 1.75. The average molecular weight is 240 g/mol. The molecule has 0 aliphatic carbocycles. The lowest BCUT2D eigenvalue weighted by Gasteiger charge is -2.12. The van der Waals surface area contributed by atoms with Gasteiger partial charge in [-0.15, -0.1) is 0 Å². The van der Waals surface area contributed by atoms with E-state index in [9.17, 15) is 8.78 Å². The average Bonchev–Trinajstić information content (AvgIpc) is 2.80. The molecule has 17 heavy (non-hydrogen) atoms. The van der Waals surface area contributed by atoms with Crippen molar-refractivity contribution in [3.8, 4) is 0 Å². The monoisotopic (exact) mass is 240 g/mol. The van der Waals surface area contributed by atoms with Gasteiger partial charge in [0.2, 0.25) is 0 Å². The first-order valence-corrected chi connectivity index (χ1v) is 5.51. The van der Waals surface area contributed by atoms with Crippen LogP contribution in [0, 0.1) is 6.92 Å². The maximum atomic E-state index is 12.9. The Morgan fingerprint density at radius 2 is 1.76 bits per heavy atom. The van der Waals surface area contributed by atoms with Gasteiger partial charge in [-0.1, -0.05) is 29.8 Å². The van der Waals surface area contributed by atoms with E-state index in [1.807, 2.05) is 19.1 Å². The van der Waals surface area contributed by atoms with E-state index in [1.165, 1.54) is 0 Å². The van der Waals surface area contributed by atoms with Gasteiger partial charge in [0.25, 0.3) is 6.08 Å². The second kappa shape index (κ2) is 5.38. The van der Waals surface area contributed by atoms with Crippen molar-refractivity contribution in [3.05, 3.63) is 41.5 Å². The van der Waals surface area contributed by atoms with Crippen molar-refractivity contribution in [1.29, 1.82) is 0 Å². The Morgan fingerprint density at radius 3 is 2.29 bits per heavy atom. The molecule has 1 fully saturated rings. The van der Waals surface area contributed by atoms with Crippen LogP contribution in [0.3, 0.4) is 0 Å². The summed E-state index contributed by atoms with van der Waals surface area (Å²) in [6.45, 7) is 2.86. The van der Waals surface area contributed by atoms with Crippen molar-refractivity contribution in [2.24, 2.45) is 0 Å². The van der Waals surface area contributed by atoms with Gasteiger partial charge in [-0.25, -0.2) is 0 Å². The van der Waals surface area contributed by atoms with Crippen LogP contribution in [0.5, 0.6) is 0 Å². The Morgan fingerprint density at radius 1 is 1.18 bits per heavy atom. The van der Waals surface area contributed by atoms with Gasteiger partial charge < -0.3 is 9.47 Å². The molecule has 0 saturated carbocycles. The zero-order valence-corrected chi connectivity index (χ0v) is 9.58. The Bertz CT molecular complexity index is 402. The van der Waals surface area contributed by atoms with Crippen LogP contribution in [-0.2, 0) is 9.47 Å². The predicted molar refractivity (Wildman–Crippen MR) is 60.6 cm³/mol. The number of hydrogen-bond acceptors (Lipinski definition) is 2. The van der Waals surface area contributed by atoms with Crippen LogP contribution in [0.25, 0.3) is 5.57 Å². The third kappa shape index (κ3) is 3.11. The zero-order valence-electron chi connectivity index (χ0n) is 9.58. The van der Waals surface area contributed by atoms with E-state index >= 15 is 0 Å². The molecular formula is C13H14F2O2. The molecule has 1 aliphatic heterocycles. The minimum absolute atomic E-state index is 0.00287. The molecule has 2 nitrogen and oxygen atoms in total. The minimum Gasteiger partial charge on any atom is -0.350 e. The maximum absolute atomic E-state index is 12.9. The quantitative estimate of drug-likeness (QED) is 0.806. The fraction of sp³-hybridized carbons (Fsp3) is 0.385. The van der Waals surface area contributed by atoms with Gasteiger partial charge in [0, 0.05) is 12.0 Å². The number of rotatable bonds is 3. The first kappa shape index (κ1) is 12.2. The highest BCUT2D eigenvalue weighted by Crippen LogP contribution is 2.28. The van der Waals surface area contributed by atoms with E-state index < -0.39 is 12.4 Å². The molecule has 1 saturated heterocycles. The zero-order chi connectivity index (χ0) is 12.3. The lowest BCUT2D eigenvalue weighted by molar-refractivity contribution is -0.0367. The van der Waals surface area contributed by atoms with Crippen LogP contribution in [0.4, 0.5) is 8.78 Å². The predicted octanol–water partition coefficient (Wildman–Crippen LogP) is 3.37. The molecule has 0 spiro atoms. The summed E-state index contributed by atoms with van der Waals surface area (Å²) >= 11 is 0. The minimum atomic E-state index is -1.67. The van der Waals surface area contributed by atoms with Crippen LogP contribution in [0.2, 0.25) is 0 Å². The molecule has 0 unspecified atom stereocenters. The topological polar surface area (TPSA) is 18.5 Å². The Labute approximate surface area is 98.8 Å². The molecule has 0 amide bonds. The summed E-state index contributed by atoms with van der Waals surface area (Å²) < 4.78 is 36.2. The van der Waals surface area contributed by atoms with Crippen LogP contribution < -0.4 is 0 Å². The molecule has 1 aliphatic rings. The van der Waals surface area contributed by atoms with Gasteiger partial charge in [0.1, 0.15) is 0 Å². The molecule has 1 aromatic carbocycles. The molecular weight excluding hydrogens is 226 g/mol. The van der Waals surface area contributed by atoms with Crippen molar-refractivity contribution in [2.45, 2.75) is 19.6 Å². The second-order valence-corrected chi connectivity index (χ2v) is 3.98. The van der Waals surface area contributed by atoms with Crippen LogP contribution in [0.1, 0.15) is 17.5 Å². The summed E-state index contributed by atoms with van der Waals surface area (Å²) in [6, 6.07) is 7.01. The Balaban J connectivity index is 2.17. The van der Waals surface area contributed by atoms with Crippen LogP contribution >= 0.6 is 0 Å². The summed E-state index contributed by atoms with van der Waals surface area (Å²) in [5.41, 5.74) is 1.56. The fourth-order valence-electron chi connectivity index (χ4n) is 1.75. The maximum Gasteiger partial charge on any atom is 0.274 e. The van der Waals surface area contributed by atoms with Gasteiger partial charge in [-0.3, -0.25) is 0 Å². The number of aryl methyl sites for hydroxylation is 1. The Hall–Kier alpha value is -1.26. The summed E-state index contributed by atoms with van der Waals surface area (Å²) in [6.07, 6.45) is -2.13. The van der Waals surface area contributed by atoms with Gasteiger partial charge in [0.05, 0.1) is 13.2 Å². The van der Waals surface area contributed by atoms with Crippen molar-refractivity contribution < 1.29 is 18.3 Å². The molecule has 1 aromatic rings. The molecule has 0 N–H and O–H groups in total. The van der Waals surface area contributed by atoms with E-state index in [0.717, 1.165) is 5.56 Å². The van der Waals surface area contributed by atoms with Gasteiger partial charge >= 0.3 is 0 Å². The van der Waals surface area contributed by atoms with Crippen molar-refractivity contribution in [3.63, 3.8) is 0 Å². The normalized spacial score (nSPS) is 16.2. The molecule has 92 valence electrons. The smallest absolute Gasteiger partial charge is 0.274 e. The molecule has 2 rings (SSSR count). The summed E-state index contributed by atoms with van der Waals surface area (Å²) in [4.78, 5) is 0. The van der Waals surface area contributed by atoms with Gasteiger partial charge in [-0.05, 0) is 12.5 Å². The van der Waals surface area contributed by atoms with E-state index in [1.54, 1.807) is 12.1 Å². The molecule has 4 heteroatoms. The van der Waals surface area contributed by atoms with Crippen molar-refractivity contribution >= 4 is 5.57 Å². The first-order valence-electron chi connectivity index (χ1n) is 5.51. The second-order valence-electron chi connectivity index (χ2n) is 3.98. The van der Waals surface area contributed by atoms with E-state index in [2.05, 4.69) is 0 Å². The van der Waals surface area contributed by atoms with Gasteiger partial charge in [-0.2, -0.15) is 8.78 Å². The summed E-state index contributed by atoms with van der Waals surface area (Å²) in [5.74, 6) is 0. The van der Waals surface area contributed by atoms with E-state index in [4.69, 9.17) is 9.47 Å². The summed E-state index contributed by atoms with van der Waals surface area (Å²) in [7, 11) is 0. The Kier molecular flexibility index (Phi) is 3.86. The number of hydrogen-bond donors (Lipinski definition) is 0. The molecule has 0 bridgehead atoms. The lowest BCUT2D eigenvalue weighted by Crippen LogP contribution is -2.08. The highest BCUT2D eigenvalue weighted by atomic mass is 19.3. The van der Waals surface area contributed by atoms with Crippen molar-refractivity contribution in [1.82, 2.24) is 0 Å². The molecule has 0 aromatic heterocycles. The third-order valence-electron chi connectivity index (χ3n) is 2.69. The molecule has 0 radical (unpaired) electrons. The highest BCUT2D eigenvalue weighted by Gasteiger charge is 2.21. The SMILES string of the molecule is Cc1ccc(C(CC2OCCO2)=C(F)F)cc1. The highest BCUT2D eigenvalue weighted by molar-refractivity contribution is 5.66. The standard InChI is InChI=1S/C13H14F2O2/c1-9-2-4-10(5-3-9)11(13(14)15)8-12-16-6-7-17-12/h2-5,12H,6-8H2,1H3.